The molecule has 0 spiro atoms. The number of nitrogens with one attached hydrogen (secondary N) is 2. The first-order valence-electron chi connectivity index (χ1n) is 6.51. The molecule has 3 heteroatoms. The fourth-order valence-electron chi connectivity index (χ4n) is 2.58. The minimum absolute atomic E-state index is 0.720. The van der Waals surface area contributed by atoms with Gasteiger partial charge in [-0.1, -0.05) is 13.3 Å². The maximum atomic E-state index is 4.05. The second-order valence-electron chi connectivity index (χ2n) is 5.03. The molecule has 1 aromatic rings. The average molecular weight is 221 g/mol. The van der Waals surface area contributed by atoms with Gasteiger partial charge < -0.3 is 5.32 Å². The molecule has 0 aromatic carbocycles. The third kappa shape index (κ3) is 2.85. The smallest absolute Gasteiger partial charge is 0.0535 e. The molecule has 1 fully saturated rings. The van der Waals surface area contributed by atoms with Gasteiger partial charge in [0.2, 0.25) is 0 Å². The molecule has 2 N–H and O–H groups in total. The molecule has 3 nitrogen and oxygen atoms in total. The molecule has 0 radical (unpaired) electrons. The minimum Gasteiger partial charge on any atom is -0.310 e. The van der Waals surface area contributed by atoms with Crippen LogP contribution in [0.15, 0.2) is 6.20 Å². The molecule has 2 rings (SSSR count). The first-order valence-corrected chi connectivity index (χ1v) is 6.51. The van der Waals surface area contributed by atoms with E-state index in [1.165, 1.54) is 43.4 Å². The SMILES string of the molecule is CCC1CCC(NCc2cn[nH]c2C)CC1. The Hall–Kier alpha value is -0.830. The average Bonchev–Trinajstić information content (AvgIpc) is 2.73. The van der Waals surface area contributed by atoms with Gasteiger partial charge in [0.1, 0.15) is 0 Å². The second kappa shape index (κ2) is 5.48. The van der Waals surface area contributed by atoms with Gasteiger partial charge in [0.05, 0.1) is 6.20 Å². The van der Waals surface area contributed by atoms with Gasteiger partial charge in [0.15, 0.2) is 0 Å². The van der Waals surface area contributed by atoms with Crippen LogP contribution in [0.5, 0.6) is 0 Å². The van der Waals surface area contributed by atoms with Crippen LogP contribution >= 0.6 is 0 Å². The lowest BCUT2D eigenvalue weighted by atomic mass is 9.84. The number of aryl methyl sites for hydroxylation is 1. The van der Waals surface area contributed by atoms with Crippen molar-refractivity contribution in [3.63, 3.8) is 0 Å². The van der Waals surface area contributed by atoms with Crippen molar-refractivity contribution < 1.29 is 0 Å². The van der Waals surface area contributed by atoms with Gasteiger partial charge in [0.25, 0.3) is 0 Å². The summed E-state index contributed by atoms with van der Waals surface area (Å²) in [5.41, 5.74) is 2.49. The van der Waals surface area contributed by atoms with Crippen molar-refractivity contribution in [1.29, 1.82) is 0 Å². The summed E-state index contributed by atoms with van der Waals surface area (Å²) in [6.07, 6.45) is 8.77. The van der Waals surface area contributed by atoms with Crippen LogP contribution in [0.3, 0.4) is 0 Å². The Kier molecular flexibility index (Phi) is 3.99. The molecule has 1 saturated carbocycles. The van der Waals surface area contributed by atoms with Gasteiger partial charge in [0, 0.05) is 23.8 Å². The predicted molar refractivity (Wildman–Crippen MR) is 66.2 cm³/mol. The topological polar surface area (TPSA) is 40.7 Å². The van der Waals surface area contributed by atoms with Gasteiger partial charge in [-0.15, -0.1) is 0 Å². The van der Waals surface area contributed by atoms with Crippen molar-refractivity contribution in [2.75, 3.05) is 0 Å². The summed E-state index contributed by atoms with van der Waals surface area (Å²) in [7, 11) is 0. The van der Waals surface area contributed by atoms with Crippen LogP contribution in [0.4, 0.5) is 0 Å². The summed E-state index contributed by atoms with van der Waals surface area (Å²) in [6, 6.07) is 0.720. The molecular weight excluding hydrogens is 198 g/mol. The second-order valence-corrected chi connectivity index (χ2v) is 5.03. The molecule has 90 valence electrons. The molecule has 16 heavy (non-hydrogen) atoms. The monoisotopic (exact) mass is 221 g/mol. The van der Waals surface area contributed by atoms with Crippen LogP contribution in [0.1, 0.15) is 50.3 Å². The Morgan fingerprint density at radius 2 is 2.12 bits per heavy atom. The summed E-state index contributed by atoms with van der Waals surface area (Å²) >= 11 is 0. The van der Waals surface area contributed by atoms with Crippen LogP contribution in [-0.4, -0.2) is 16.2 Å². The maximum absolute atomic E-state index is 4.05. The number of aromatic nitrogens is 2. The molecule has 0 atom stereocenters. The number of H-pyrrole nitrogens is 1. The number of nitrogens with zero attached hydrogens (tertiary/aromatic N) is 1. The fourth-order valence-corrected chi connectivity index (χ4v) is 2.58. The highest BCUT2D eigenvalue weighted by Crippen LogP contribution is 2.26. The highest BCUT2D eigenvalue weighted by molar-refractivity contribution is 5.13. The minimum atomic E-state index is 0.720. The maximum Gasteiger partial charge on any atom is 0.0535 e. The van der Waals surface area contributed by atoms with E-state index in [1.54, 1.807) is 0 Å². The number of rotatable bonds is 4. The third-order valence-electron chi connectivity index (χ3n) is 3.94. The van der Waals surface area contributed by atoms with E-state index in [9.17, 15) is 0 Å². The zero-order valence-corrected chi connectivity index (χ0v) is 10.4. The lowest BCUT2D eigenvalue weighted by molar-refractivity contribution is 0.285. The summed E-state index contributed by atoms with van der Waals surface area (Å²) in [5.74, 6) is 0.980. The van der Waals surface area contributed by atoms with Crippen LogP contribution in [-0.2, 0) is 6.54 Å². The quantitative estimate of drug-likeness (QED) is 0.820. The number of aromatic amines is 1. The third-order valence-corrected chi connectivity index (χ3v) is 3.94. The van der Waals surface area contributed by atoms with Crippen molar-refractivity contribution in [2.45, 2.75) is 58.5 Å². The van der Waals surface area contributed by atoms with Gasteiger partial charge in [-0.2, -0.15) is 5.10 Å². The molecule has 0 amide bonds. The number of hydrogen-bond donors (Lipinski definition) is 2. The molecule has 1 aliphatic carbocycles. The molecule has 0 aliphatic heterocycles. The predicted octanol–water partition coefficient (Wildman–Crippen LogP) is 2.78. The van der Waals surface area contributed by atoms with Crippen LogP contribution < -0.4 is 5.32 Å². The van der Waals surface area contributed by atoms with Crippen molar-refractivity contribution in [2.24, 2.45) is 5.92 Å². The highest BCUT2D eigenvalue weighted by Gasteiger charge is 2.19. The summed E-state index contributed by atoms with van der Waals surface area (Å²) in [6.45, 7) is 5.36. The van der Waals surface area contributed by atoms with E-state index >= 15 is 0 Å². The standard InChI is InChI=1S/C13H23N3/c1-3-11-4-6-13(7-5-11)14-8-12-9-15-16-10(12)2/h9,11,13-14H,3-8H2,1-2H3,(H,15,16). The first-order chi connectivity index (χ1) is 7.79. The van der Waals surface area contributed by atoms with E-state index in [1.807, 2.05) is 6.20 Å². The Bertz CT molecular complexity index is 311. The zero-order chi connectivity index (χ0) is 11.4. The van der Waals surface area contributed by atoms with Crippen LogP contribution in [0, 0.1) is 12.8 Å². The first kappa shape index (κ1) is 11.6. The fraction of sp³-hybridized carbons (Fsp3) is 0.769. The van der Waals surface area contributed by atoms with Crippen LogP contribution in [0.25, 0.3) is 0 Å². The van der Waals surface area contributed by atoms with Crippen molar-refractivity contribution in [1.82, 2.24) is 15.5 Å². The lowest BCUT2D eigenvalue weighted by Crippen LogP contribution is -2.32. The molecule has 0 bridgehead atoms. The molecule has 1 heterocycles. The zero-order valence-electron chi connectivity index (χ0n) is 10.4. The van der Waals surface area contributed by atoms with Gasteiger partial charge in [-0.25, -0.2) is 0 Å². The van der Waals surface area contributed by atoms with E-state index in [2.05, 4.69) is 29.4 Å². The van der Waals surface area contributed by atoms with E-state index in [4.69, 9.17) is 0 Å². The molecule has 0 saturated heterocycles. The van der Waals surface area contributed by atoms with Crippen molar-refractivity contribution >= 4 is 0 Å². The van der Waals surface area contributed by atoms with Gasteiger partial charge in [-0.3, -0.25) is 5.10 Å². The lowest BCUT2D eigenvalue weighted by Gasteiger charge is -2.28. The largest absolute Gasteiger partial charge is 0.310 e. The molecular formula is C13H23N3. The highest BCUT2D eigenvalue weighted by atomic mass is 15.1. The molecule has 1 aromatic heterocycles. The van der Waals surface area contributed by atoms with Crippen LogP contribution in [0.2, 0.25) is 0 Å². The van der Waals surface area contributed by atoms with E-state index in [0.717, 1.165) is 18.5 Å². The van der Waals surface area contributed by atoms with Gasteiger partial charge >= 0.3 is 0 Å². The summed E-state index contributed by atoms with van der Waals surface area (Å²) < 4.78 is 0. The normalized spacial score (nSPS) is 25.9. The Labute approximate surface area is 98.0 Å². The Balaban J connectivity index is 1.73. The van der Waals surface area contributed by atoms with Crippen molar-refractivity contribution in [3.05, 3.63) is 17.5 Å². The molecule has 1 aliphatic rings. The van der Waals surface area contributed by atoms with E-state index in [-0.39, 0.29) is 0 Å². The number of hydrogen-bond acceptors (Lipinski definition) is 2. The summed E-state index contributed by atoms with van der Waals surface area (Å²) in [5, 5.41) is 10.7. The van der Waals surface area contributed by atoms with E-state index < -0.39 is 0 Å². The Morgan fingerprint density at radius 1 is 1.38 bits per heavy atom. The summed E-state index contributed by atoms with van der Waals surface area (Å²) in [4.78, 5) is 0. The van der Waals surface area contributed by atoms with E-state index in [0.29, 0.717) is 0 Å². The van der Waals surface area contributed by atoms with Gasteiger partial charge in [-0.05, 0) is 38.5 Å². The molecule has 0 unspecified atom stereocenters. The Morgan fingerprint density at radius 3 is 2.69 bits per heavy atom. The van der Waals surface area contributed by atoms with Crippen molar-refractivity contribution in [3.8, 4) is 0 Å².